The number of rotatable bonds is 4. The highest BCUT2D eigenvalue weighted by Gasteiger charge is 2.29. The molecule has 0 radical (unpaired) electrons. The third kappa shape index (κ3) is 3.80. The maximum atomic E-state index is 13.0. The molecule has 0 atom stereocenters. The molecule has 2 N–H and O–H groups in total. The van der Waals surface area contributed by atoms with Crippen molar-refractivity contribution in [3.63, 3.8) is 0 Å². The minimum Gasteiger partial charge on any atom is -0.508 e. The van der Waals surface area contributed by atoms with Gasteiger partial charge in [0.05, 0.1) is 14.2 Å². The second-order valence-corrected chi connectivity index (χ2v) is 6.36. The molecule has 8 nitrogen and oxygen atoms in total. The van der Waals surface area contributed by atoms with Gasteiger partial charge < -0.3 is 29.5 Å². The molecule has 2 aromatic carbocycles. The van der Waals surface area contributed by atoms with Crippen molar-refractivity contribution >= 4 is 11.8 Å². The Bertz CT molecular complexity index is 848. The van der Waals surface area contributed by atoms with Crippen LogP contribution in [0.3, 0.4) is 0 Å². The fourth-order valence-electron chi connectivity index (χ4n) is 3.23. The SMILES string of the molecule is COc1cccc(OC)c1C(=O)N1CCN(C(=O)c2cc(O)cc(O)c2)CC1. The second kappa shape index (κ2) is 8.08. The predicted octanol–water partition coefficient (Wildman–Crippen LogP) is 1.71. The van der Waals surface area contributed by atoms with Crippen molar-refractivity contribution in [1.29, 1.82) is 0 Å². The molecule has 2 amide bonds. The summed E-state index contributed by atoms with van der Waals surface area (Å²) in [6.07, 6.45) is 0. The molecule has 1 saturated heterocycles. The number of phenolic OH excluding ortho intramolecular Hbond substituents is 2. The van der Waals surface area contributed by atoms with Crippen LogP contribution in [0, 0.1) is 0 Å². The summed E-state index contributed by atoms with van der Waals surface area (Å²) in [6.45, 7) is 1.35. The first-order valence-electron chi connectivity index (χ1n) is 8.77. The molecule has 3 rings (SSSR count). The summed E-state index contributed by atoms with van der Waals surface area (Å²) in [6, 6.07) is 8.91. The lowest BCUT2D eigenvalue weighted by atomic mass is 10.1. The van der Waals surface area contributed by atoms with Gasteiger partial charge in [0.15, 0.2) is 0 Å². The summed E-state index contributed by atoms with van der Waals surface area (Å²) in [4.78, 5) is 28.8. The van der Waals surface area contributed by atoms with Gasteiger partial charge in [-0.05, 0) is 24.3 Å². The molecule has 148 valence electrons. The molecule has 1 heterocycles. The standard InChI is InChI=1S/C20H22N2O6/c1-27-16-4-3-5-17(28-2)18(16)20(26)22-8-6-21(7-9-22)19(25)13-10-14(23)12-15(24)11-13/h3-5,10-12,23-24H,6-9H2,1-2H3. The smallest absolute Gasteiger partial charge is 0.261 e. The van der Waals surface area contributed by atoms with E-state index in [9.17, 15) is 19.8 Å². The van der Waals surface area contributed by atoms with Crippen molar-refractivity contribution in [2.24, 2.45) is 0 Å². The number of hydrogen-bond donors (Lipinski definition) is 2. The van der Waals surface area contributed by atoms with Gasteiger partial charge in [-0.3, -0.25) is 9.59 Å². The van der Waals surface area contributed by atoms with E-state index in [1.807, 2.05) is 0 Å². The van der Waals surface area contributed by atoms with E-state index in [0.29, 0.717) is 43.2 Å². The summed E-state index contributed by atoms with van der Waals surface area (Å²) in [5.41, 5.74) is 0.550. The zero-order valence-electron chi connectivity index (χ0n) is 15.7. The van der Waals surface area contributed by atoms with Crippen molar-refractivity contribution in [2.75, 3.05) is 40.4 Å². The number of piperazine rings is 1. The molecule has 0 bridgehead atoms. The highest BCUT2D eigenvalue weighted by molar-refractivity contribution is 6.00. The van der Waals surface area contributed by atoms with Crippen LogP contribution in [0.1, 0.15) is 20.7 Å². The molecular formula is C20H22N2O6. The van der Waals surface area contributed by atoms with Gasteiger partial charge in [-0.25, -0.2) is 0 Å². The molecule has 28 heavy (non-hydrogen) atoms. The number of carbonyl (C=O) groups is 2. The van der Waals surface area contributed by atoms with Gasteiger partial charge in [0.25, 0.3) is 11.8 Å². The number of benzene rings is 2. The lowest BCUT2D eigenvalue weighted by Crippen LogP contribution is -2.50. The minimum atomic E-state index is -0.312. The average molecular weight is 386 g/mol. The van der Waals surface area contributed by atoms with Crippen molar-refractivity contribution in [1.82, 2.24) is 9.80 Å². The van der Waals surface area contributed by atoms with E-state index in [-0.39, 0.29) is 28.9 Å². The molecule has 0 unspecified atom stereocenters. The van der Waals surface area contributed by atoms with Gasteiger partial charge >= 0.3 is 0 Å². The molecule has 0 spiro atoms. The average Bonchev–Trinajstić information content (AvgIpc) is 2.71. The Morgan fingerprint density at radius 2 is 1.29 bits per heavy atom. The molecule has 2 aromatic rings. The number of carbonyl (C=O) groups excluding carboxylic acids is 2. The van der Waals surface area contributed by atoms with E-state index in [1.165, 1.54) is 26.4 Å². The quantitative estimate of drug-likeness (QED) is 0.830. The number of methoxy groups -OCH3 is 2. The highest BCUT2D eigenvalue weighted by atomic mass is 16.5. The molecule has 0 saturated carbocycles. The number of phenols is 2. The molecular weight excluding hydrogens is 364 g/mol. The van der Waals surface area contributed by atoms with E-state index in [4.69, 9.17) is 9.47 Å². The highest BCUT2D eigenvalue weighted by Crippen LogP contribution is 2.30. The van der Waals surface area contributed by atoms with Crippen LogP contribution in [0.25, 0.3) is 0 Å². The van der Waals surface area contributed by atoms with Gasteiger partial charge in [-0.1, -0.05) is 6.07 Å². The molecule has 0 aromatic heterocycles. The van der Waals surface area contributed by atoms with Crippen LogP contribution in [-0.2, 0) is 0 Å². The first-order chi connectivity index (χ1) is 13.4. The van der Waals surface area contributed by atoms with Crippen molar-refractivity contribution < 1.29 is 29.3 Å². The number of aromatic hydroxyl groups is 2. The summed E-state index contributed by atoms with van der Waals surface area (Å²) < 4.78 is 10.6. The fourth-order valence-corrected chi connectivity index (χ4v) is 3.23. The van der Waals surface area contributed by atoms with Crippen LogP contribution in [0.5, 0.6) is 23.0 Å². The second-order valence-electron chi connectivity index (χ2n) is 6.36. The molecule has 1 aliphatic rings. The maximum absolute atomic E-state index is 13.0. The Morgan fingerprint density at radius 1 is 0.821 bits per heavy atom. The van der Waals surface area contributed by atoms with Crippen molar-refractivity contribution in [3.8, 4) is 23.0 Å². The normalized spacial score (nSPS) is 13.9. The van der Waals surface area contributed by atoms with Crippen LogP contribution in [0.2, 0.25) is 0 Å². The monoisotopic (exact) mass is 386 g/mol. The van der Waals surface area contributed by atoms with Gasteiger partial charge in [0.2, 0.25) is 0 Å². The first-order valence-corrected chi connectivity index (χ1v) is 8.77. The zero-order chi connectivity index (χ0) is 20.3. The van der Waals surface area contributed by atoms with E-state index in [0.717, 1.165) is 6.07 Å². The fraction of sp³-hybridized carbons (Fsp3) is 0.300. The number of ether oxygens (including phenoxy) is 2. The lowest BCUT2D eigenvalue weighted by molar-refractivity contribution is 0.0531. The molecule has 1 aliphatic heterocycles. The first kappa shape index (κ1) is 19.3. The Morgan fingerprint density at radius 3 is 1.75 bits per heavy atom. The largest absolute Gasteiger partial charge is 0.508 e. The van der Waals surface area contributed by atoms with Crippen molar-refractivity contribution in [3.05, 3.63) is 47.5 Å². The Labute approximate surface area is 162 Å². The van der Waals surface area contributed by atoms with E-state index < -0.39 is 0 Å². The van der Waals surface area contributed by atoms with Gasteiger partial charge in [-0.15, -0.1) is 0 Å². The molecule has 8 heteroatoms. The van der Waals surface area contributed by atoms with Crippen LogP contribution >= 0.6 is 0 Å². The molecule has 0 aliphatic carbocycles. The Hall–Kier alpha value is -3.42. The number of nitrogens with zero attached hydrogens (tertiary/aromatic N) is 2. The van der Waals surface area contributed by atoms with Gasteiger partial charge in [-0.2, -0.15) is 0 Å². The minimum absolute atomic E-state index is 0.180. The lowest BCUT2D eigenvalue weighted by Gasteiger charge is -2.35. The number of hydrogen-bond acceptors (Lipinski definition) is 6. The van der Waals surface area contributed by atoms with Crippen LogP contribution in [-0.4, -0.2) is 72.2 Å². The third-order valence-electron chi connectivity index (χ3n) is 4.65. The zero-order valence-corrected chi connectivity index (χ0v) is 15.7. The molecule has 1 fully saturated rings. The summed E-state index contributed by atoms with van der Waals surface area (Å²) in [5.74, 6) is -0.0402. The maximum Gasteiger partial charge on any atom is 0.261 e. The topological polar surface area (TPSA) is 99.5 Å². The summed E-state index contributed by atoms with van der Waals surface area (Å²) in [5, 5.41) is 19.1. The summed E-state index contributed by atoms with van der Waals surface area (Å²) in [7, 11) is 2.99. The Kier molecular flexibility index (Phi) is 5.58. The van der Waals surface area contributed by atoms with E-state index in [2.05, 4.69) is 0 Å². The van der Waals surface area contributed by atoms with E-state index >= 15 is 0 Å². The van der Waals surface area contributed by atoms with Crippen molar-refractivity contribution in [2.45, 2.75) is 0 Å². The predicted molar refractivity (Wildman–Crippen MR) is 101 cm³/mol. The van der Waals surface area contributed by atoms with E-state index in [1.54, 1.807) is 28.0 Å². The van der Waals surface area contributed by atoms with Gasteiger partial charge in [0.1, 0.15) is 28.6 Å². The number of amides is 2. The Balaban J connectivity index is 1.72. The van der Waals surface area contributed by atoms with Crippen LogP contribution < -0.4 is 9.47 Å². The van der Waals surface area contributed by atoms with Gasteiger partial charge in [0, 0.05) is 37.8 Å². The van der Waals surface area contributed by atoms with Crippen LogP contribution in [0.4, 0.5) is 0 Å². The summed E-state index contributed by atoms with van der Waals surface area (Å²) >= 11 is 0. The third-order valence-corrected chi connectivity index (χ3v) is 4.65. The van der Waals surface area contributed by atoms with Crippen LogP contribution in [0.15, 0.2) is 36.4 Å².